The molecule has 0 unspecified atom stereocenters. The summed E-state index contributed by atoms with van der Waals surface area (Å²) in [6.45, 7) is 1.50. The van der Waals surface area contributed by atoms with Gasteiger partial charge in [0.05, 0.1) is 19.0 Å². The van der Waals surface area contributed by atoms with Crippen LogP contribution in [-0.2, 0) is 20.9 Å². The molecule has 0 atom stereocenters. The molecule has 9 nitrogen and oxygen atoms in total. The largest absolute Gasteiger partial charge is 0.353 e. The SMILES string of the molecule is N#CCCN(C(=O)CCC(=O)NCc1ccc(C(=O)N2CCNC(=O)C2)cc1)c1ccccc1. The van der Waals surface area contributed by atoms with Gasteiger partial charge in [-0.1, -0.05) is 30.3 Å². The van der Waals surface area contributed by atoms with Gasteiger partial charge < -0.3 is 20.4 Å². The minimum Gasteiger partial charge on any atom is -0.353 e. The minimum atomic E-state index is -0.263. The number of para-hydroxylation sites is 1. The third-order valence-corrected chi connectivity index (χ3v) is 5.40. The van der Waals surface area contributed by atoms with Crippen molar-refractivity contribution in [2.75, 3.05) is 31.1 Å². The predicted molar refractivity (Wildman–Crippen MR) is 125 cm³/mol. The van der Waals surface area contributed by atoms with Crippen LogP contribution >= 0.6 is 0 Å². The molecule has 34 heavy (non-hydrogen) atoms. The van der Waals surface area contributed by atoms with Crippen LogP contribution in [0.15, 0.2) is 54.6 Å². The maximum Gasteiger partial charge on any atom is 0.254 e. The first-order chi connectivity index (χ1) is 16.5. The average Bonchev–Trinajstić information content (AvgIpc) is 2.87. The average molecular weight is 462 g/mol. The molecule has 0 saturated carbocycles. The zero-order chi connectivity index (χ0) is 24.3. The van der Waals surface area contributed by atoms with Crippen molar-refractivity contribution in [3.8, 4) is 6.07 Å². The Hall–Kier alpha value is -4.19. The number of hydrogen-bond donors (Lipinski definition) is 2. The Balaban J connectivity index is 1.47. The second-order valence-corrected chi connectivity index (χ2v) is 7.84. The molecule has 3 rings (SSSR count). The van der Waals surface area contributed by atoms with E-state index in [0.29, 0.717) is 24.3 Å². The molecule has 1 saturated heterocycles. The first-order valence-electron chi connectivity index (χ1n) is 11.1. The van der Waals surface area contributed by atoms with Gasteiger partial charge in [-0.15, -0.1) is 0 Å². The maximum absolute atomic E-state index is 12.7. The molecule has 2 aromatic carbocycles. The van der Waals surface area contributed by atoms with Gasteiger partial charge in [0.1, 0.15) is 0 Å². The van der Waals surface area contributed by atoms with Crippen LogP contribution < -0.4 is 15.5 Å². The number of amides is 4. The van der Waals surface area contributed by atoms with E-state index in [2.05, 4.69) is 10.6 Å². The molecule has 0 radical (unpaired) electrons. The molecular weight excluding hydrogens is 434 g/mol. The number of rotatable bonds is 9. The molecule has 1 aliphatic heterocycles. The Morgan fingerprint density at radius 1 is 1.06 bits per heavy atom. The topological polar surface area (TPSA) is 123 Å². The highest BCUT2D eigenvalue weighted by Crippen LogP contribution is 2.16. The molecule has 9 heteroatoms. The predicted octanol–water partition coefficient (Wildman–Crippen LogP) is 1.60. The Bertz CT molecular complexity index is 1060. The summed E-state index contributed by atoms with van der Waals surface area (Å²) in [5, 5.41) is 14.3. The Morgan fingerprint density at radius 3 is 2.47 bits per heavy atom. The smallest absolute Gasteiger partial charge is 0.254 e. The van der Waals surface area contributed by atoms with Crippen LogP contribution in [0.4, 0.5) is 5.69 Å². The van der Waals surface area contributed by atoms with Gasteiger partial charge in [0.25, 0.3) is 5.91 Å². The molecule has 1 heterocycles. The number of carbonyl (C=O) groups is 4. The van der Waals surface area contributed by atoms with Gasteiger partial charge in [-0.2, -0.15) is 5.26 Å². The minimum absolute atomic E-state index is 0.0301. The van der Waals surface area contributed by atoms with Gasteiger partial charge in [0.15, 0.2) is 0 Å². The number of piperazine rings is 1. The van der Waals surface area contributed by atoms with E-state index < -0.39 is 0 Å². The highest BCUT2D eigenvalue weighted by molar-refractivity contribution is 5.97. The lowest BCUT2D eigenvalue weighted by atomic mass is 10.1. The fourth-order valence-electron chi connectivity index (χ4n) is 3.57. The van der Waals surface area contributed by atoms with Gasteiger partial charge in [-0.3, -0.25) is 19.2 Å². The fraction of sp³-hybridized carbons (Fsp3) is 0.320. The number of hydrogen-bond acceptors (Lipinski definition) is 5. The van der Waals surface area contributed by atoms with Gasteiger partial charge in [0, 0.05) is 50.3 Å². The third-order valence-electron chi connectivity index (χ3n) is 5.40. The van der Waals surface area contributed by atoms with Crippen LogP contribution in [0.1, 0.15) is 35.2 Å². The van der Waals surface area contributed by atoms with Gasteiger partial charge in [-0.05, 0) is 29.8 Å². The summed E-state index contributed by atoms with van der Waals surface area (Å²) in [5.74, 6) is -0.857. The van der Waals surface area contributed by atoms with E-state index in [4.69, 9.17) is 5.26 Å². The quantitative estimate of drug-likeness (QED) is 0.587. The van der Waals surface area contributed by atoms with E-state index in [1.165, 1.54) is 9.80 Å². The lowest BCUT2D eigenvalue weighted by Gasteiger charge is -2.26. The third kappa shape index (κ3) is 6.90. The molecule has 1 fully saturated rings. The number of anilines is 1. The van der Waals surface area contributed by atoms with Crippen LogP contribution in [0.25, 0.3) is 0 Å². The van der Waals surface area contributed by atoms with Gasteiger partial charge >= 0.3 is 0 Å². The van der Waals surface area contributed by atoms with E-state index >= 15 is 0 Å². The number of nitrogens with one attached hydrogen (secondary N) is 2. The van der Waals surface area contributed by atoms with Crippen molar-refractivity contribution in [1.29, 1.82) is 5.26 Å². The van der Waals surface area contributed by atoms with E-state index in [9.17, 15) is 19.2 Å². The highest BCUT2D eigenvalue weighted by atomic mass is 16.2. The Morgan fingerprint density at radius 2 is 1.79 bits per heavy atom. The van der Waals surface area contributed by atoms with Crippen molar-refractivity contribution in [2.45, 2.75) is 25.8 Å². The summed E-state index contributed by atoms with van der Waals surface area (Å²) in [4.78, 5) is 52.0. The molecule has 176 valence electrons. The summed E-state index contributed by atoms with van der Waals surface area (Å²) < 4.78 is 0. The van der Waals surface area contributed by atoms with Crippen molar-refractivity contribution in [3.05, 3.63) is 65.7 Å². The van der Waals surface area contributed by atoms with Crippen LogP contribution in [0.5, 0.6) is 0 Å². The van der Waals surface area contributed by atoms with Gasteiger partial charge in [0.2, 0.25) is 17.7 Å². The van der Waals surface area contributed by atoms with Crippen LogP contribution in [0.3, 0.4) is 0 Å². The Kier molecular flexibility index (Phi) is 8.74. The summed E-state index contributed by atoms with van der Waals surface area (Å²) in [6, 6.07) is 18.0. The lowest BCUT2D eigenvalue weighted by molar-refractivity contribution is -0.125. The van der Waals surface area contributed by atoms with Crippen molar-refractivity contribution < 1.29 is 19.2 Å². The van der Waals surface area contributed by atoms with Crippen molar-refractivity contribution in [1.82, 2.24) is 15.5 Å². The molecule has 0 bridgehead atoms. The summed E-state index contributed by atoms with van der Waals surface area (Å²) in [6.07, 6.45) is 0.265. The molecule has 2 aromatic rings. The zero-order valence-corrected chi connectivity index (χ0v) is 18.8. The van der Waals surface area contributed by atoms with E-state index in [0.717, 1.165) is 5.56 Å². The standard InChI is InChI=1S/C25H27N5O4/c26-13-4-15-30(21-5-2-1-3-6-21)24(33)12-11-22(31)28-17-19-7-9-20(10-8-19)25(34)29-16-14-27-23(32)18-29/h1-3,5-10H,4,11-12,14-18H2,(H,27,32)(H,28,31). The maximum atomic E-state index is 12.7. The van der Waals surface area contributed by atoms with E-state index in [1.54, 1.807) is 36.4 Å². The molecular formula is C25H27N5O4. The summed E-state index contributed by atoms with van der Waals surface area (Å²) >= 11 is 0. The fourth-order valence-corrected chi connectivity index (χ4v) is 3.57. The normalized spacial score (nSPS) is 12.9. The van der Waals surface area contributed by atoms with Crippen LogP contribution in [0.2, 0.25) is 0 Å². The van der Waals surface area contributed by atoms with Gasteiger partial charge in [-0.25, -0.2) is 0 Å². The monoisotopic (exact) mass is 461 g/mol. The molecule has 2 N–H and O–H groups in total. The second-order valence-electron chi connectivity index (χ2n) is 7.84. The van der Waals surface area contributed by atoms with Crippen LogP contribution in [-0.4, -0.2) is 54.7 Å². The van der Waals surface area contributed by atoms with Crippen LogP contribution in [0, 0.1) is 11.3 Å². The van der Waals surface area contributed by atoms with E-state index in [1.807, 2.05) is 24.3 Å². The first kappa shape index (κ1) is 24.5. The summed E-state index contributed by atoms with van der Waals surface area (Å²) in [5.41, 5.74) is 1.99. The van der Waals surface area contributed by atoms with Crippen molar-refractivity contribution in [2.24, 2.45) is 0 Å². The number of carbonyl (C=O) groups excluding carboxylic acids is 4. The lowest BCUT2D eigenvalue weighted by Crippen LogP contribution is -2.49. The number of nitrogens with zero attached hydrogens (tertiary/aromatic N) is 3. The molecule has 0 aromatic heterocycles. The molecule has 0 aliphatic carbocycles. The molecule has 4 amide bonds. The number of benzene rings is 2. The Labute approximate surface area is 198 Å². The van der Waals surface area contributed by atoms with E-state index in [-0.39, 0.29) is 62.5 Å². The first-order valence-corrected chi connectivity index (χ1v) is 11.1. The second kappa shape index (κ2) is 12.2. The zero-order valence-electron chi connectivity index (χ0n) is 18.8. The molecule has 1 aliphatic rings. The van der Waals surface area contributed by atoms with Crippen molar-refractivity contribution >= 4 is 29.3 Å². The highest BCUT2D eigenvalue weighted by Gasteiger charge is 2.22. The summed E-state index contributed by atoms with van der Waals surface area (Å²) in [7, 11) is 0. The molecule has 0 spiro atoms. The number of nitriles is 1. The van der Waals surface area contributed by atoms with Crippen molar-refractivity contribution in [3.63, 3.8) is 0 Å².